The Morgan fingerprint density at radius 3 is 2.79 bits per heavy atom. The number of rotatable bonds is 3. The largest absolute Gasteiger partial charge is 0.339 e. The molecule has 0 radical (unpaired) electrons. The molecule has 0 aliphatic carbocycles. The molecular formula is C14H24N4O. The standard InChI is InChI=1S/C14H24N4O/c1-10(2)13(15)14(19)17-6-4-11(3)12(8-17)18-7-5-16-9-18/h5,7,9-13H,4,6,8,15H2,1-3H3/t11?,12?,13-/m0/s1. The molecule has 1 amide bonds. The van der Waals surface area contributed by atoms with Crippen molar-refractivity contribution in [1.29, 1.82) is 0 Å². The summed E-state index contributed by atoms with van der Waals surface area (Å²) in [4.78, 5) is 18.3. The van der Waals surface area contributed by atoms with Gasteiger partial charge < -0.3 is 15.2 Å². The molecule has 5 nitrogen and oxygen atoms in total. The first-order chi connectivity index (χ1) is 9.00. The van der Waals surface area contributed by atoms with Crippen LogP contribution in [0.3, 0.4) is 0 Å². The Morgan fingerprint density at radius 1 is 1.47 bits per heavy atom. The molecule has 1 saturated heterocycles. The third-order valence-corrected chi connectivity index (χ3v) is 4.14. The van der Waals surface area contributed by atoms with E-state index in [2.05, 4.69) is 16.5 Å². The van der Waals surface area contributed by atoms with Crippen molar-refractivity contribution >= 4 is 5.91 Å². The van der Waals surface area contributed by atoms with Gasteiger partial charge in [0, 0.05) is 25.5 Å². The van der Waals surface area contributed by atoms with Crippen LogP contribution in [0.15, 0.2) is 18.7 Å². The number of carbonyl (C=O) groups is 1. The highest BCUT2D eigenvalue weighted by Gasteiger charge is 2.32. The van der Waals surface area contributed by atoms with Crippen LogP contribution < -0.4 is 5.73 Å². The van der Waals surface area contributed by atoms with Gasteiger partial charge in [-0.2, -0.15) is 0 Å². The molecule has 2 N–H and O–H groups in total. The van der Waals surface area contributed by atoms with Gasteiger partial charge in [-0.3, -0.25) is 4.79 Å². The minimum absolute atomic E-state index is 0.0759. The van der Waals surface area contributed by atoms with E-state index in [4.69, 9.17) is 5.73 Å². The highest BCUT2D eigenvalue weighted by molar-refractivity contribution is 5.82. The van der Waals surface area contributed by atoms with E-state index < -0.39 is 6.04 Å². The highest BCUT2D eigenvalue weighted by Crippen LogP contribution is 2.27. The third kappa shape index (κ3) is 2.97. The molecule has 1 aromatic rings. The molecule has 19 heavy (non-hydrogen) atoms. The fraction of sp³-hybridized carbons (Fsp3) is 0.714. The van der Waals surface area contributed by atoms with Crippen LogP contribution in [0.2, 0.25) is 0 Å². The van der Waals surface area contributed by atoms with Crippen molar-refractivity contribution in [2.45, 2.75) is 39.3 Å². The quantitative estimate of drug-likeness (QED) is 0.894. The first-order valence-electron chi connectivity index (χ1n) is 7.02. The van der Waals surface area contributed by atoms with Gasteiger partial charge in [-0.15, -0.1) is 0 Å². The Bertz CT molecular complexity index is 415. The number of nitrogens with zero attached hydrogens (tertiary/aromatic N) is 3. The van der Waals surface area contributed by atoms with E-state index in [1.807, 2.05) is 31.3 Å². The van der Waals surface area contributed by atoms with Gasteiger partial charge in [0.15, 0.2) is 0 Å². The van der Waals surface area contributed by atoms with E-state index in [9.17, 15) is 4.79 Å². The van der Waals surface area contributed by atoms with Gasteiger partial charge in [0.05, 0.1) is 18.4 Å². The van der Waals surface area contributed by atoms with E-state index in [1.165, 1.54) is 0 Å². The molecule has 0 spiro atoms. The van der Waals surface area contributed by atoms with Crippen LogP contribution in [0.5, 0.6) is 0 Å². The number of imidazole rings is 1. The van der Waals surface area contributed by atoms with Crippen LogP contribution in [0, 0.1) is 11.8 Å². The minimum Gasteiger partial charge on any atom is -0.339 e. The Hall–Kier alpha value is -1.36. The molecule has 1 aliphatic rings. The smallest absolute Gasteiger partial charge is 0.239 e. The van der Waals surface area contributed by atoms with Gasteiger partial charge in [-0.05, 0) is 18.3 Å². The first-order valence-corrected chi connectivity index (χ1v) is 7.02. The van der Waals surface area contributed by atoms with Crippen LogP contribution in [0.25, 0.3) is 0 Å². The van der Waals surface area contributed by atoms with Gasteiger partial charge >= 0.3 is 0 Å². The number of amides is 1. The summed E-state index contributed by atoms with van der Waals surface area (Å²) in [6, 6.07) is -0.0867. The normalized spacial score (nSPS) is 25.6. The summed E-state index contributed by atoms with van der Waals surface area (Å²) in [6.45, 7) is 7.75. The molecule has 0 bridgehead atoms. The molecule has 2 rings (SSSR count). The summed E-state index contributed by atoms with van der Waals surface area (Å²) < 4.78 is 2.10. The number of piperidine rings is 1. The summed E-state index contributed by atoms with van der Waals surface area (Å²) in [5.41, 5.74) is 5.98. The minimum atomic E-state index is -0.392. The first kappa shape index (κ1) is 14.1. The fourth-order valence-electron chi connectivity index (χ4n) is 2.60. The molecule has 0 aromatic carbocycles. The van der Waals surface area contributed by atoms with Gasteiger partial charge in [-0.1, -0.05) is 20.8 Å². The van der Waals surface area contributed by atoms with Crippen LogP contribution >= 0.6 is 0 Å². The maximum absolute atomic E-state index is 12.3. The number of hydrogen-bond acceptors (Lipinski definition) is 3. The van der Waals surface area contributed by atoms with Crippen LogP contribution in [0.1, 0.15) is 33.2 Å². The zero-order valence-corrected chi connectivity index (χ0v) is 12.0. The Kier molecular flexibility index (Phi) is 4.24. The molecule has 0 saturated carbocycles. The second-order valence-corrected chi connectivity index (χ2v) is 5.90. The monoisotopic (exact) mass is 264 g/mol. The molecular weight excluding hydrogens is 240 g/mol. The van der Waals surface area contributed by atoms with E-state index in [-0.39, 0.29) is 11.8 Å². The second kappa shape index (κ2) is 5.74. The maximum atomic E-state index is 12.3. The lowest BCUT2D eigenvalue weighted by atomic mass is 9.92. The lowest BCUT2D eigenvalue weighted by molar-refractivity contribution is -0.135. The maximum Gasteiger partial charge on any atom is 0.239 e. The molecule has 1 fully saturated rings. The zero-order valence-electron chi connectivity index (χ0n) is 12.0. The van der Waals surface area contributed by atoms with Crippen molar-refractivity contribution < 1.29 is 4.79 Å². The summed E-state index contributed by atoms with van der Waals surface area (Å²) in [7, 11) is 0. The molecule has 3 atom stereocenters. The number of carbonyl (C=O) groups excluding carboxylic acids is 1. The summed E-state index contributed by atoms with van der Waals surface area (Å²) >= 11 is 0. The fourth-order valence-corrected chi connectivity index (χ4v) is 2.60. The summed E-state index contributed by atoms with van der Waals surface area (Å²) in [6.07, 6.45) is 6.60. The Morgan fingerprint density at radius 2 is 2.21 bits per heavy atom. The molecule has 1 aromatic heterocycles. The van der Waals surface area contributed by atoms with E-state index >= 15 is 0 Å². The SMILES string of the molecule is CC1CCN(C(=O)[C@@H](N)C(C)C)CC1n1ccnc1. The van der Waals surface area contributed by atoms with Crippen molar-refractivity contribution in [1.82, 2.24) is 14.5 Å². The number of aromatic nitrogens is 2. The van der Waals surface area contributed by atoms with Gasteiger partial charge in [0.25, 0.3) is 0 Å². The highest BCUT2D eigenvalue weighted by atomic mass is 16.2. The third-order valence-electron chi connectivity index (χ3n) is 4.14. The van der Waals surface area contributed by atoms with Gasteiger partial charge in [-0.25, -0.2) is 4.98 Å². The van der Waals surface area contributed by atoms with E-state index in [1.54, 1.807) is 6.20 Å². The molecule has 2 unspecified atom stereocenters. The van der Waals surface area contributed by atoms with Gasteiger partial charge in [0.2, 0.25) is 5.91 Å². The number of hydrogen-bond donors (Lipinski definition) is 1. The summed E-state index contributed by atoms with van der Waals surface area (Å²) in [5, 5.41) is 0. The van der Waals surface area contributed by atoms with E-state index in [0.29, 0.717) is 12.0 Å². The van der Waals surface area contributed by atoms with Crippen molar-refractivity contribution in [3.63, 3.8) is 0 Å². The van der Waals surface area contributed by atoms with Gasteiger partial charge in [0.1, 0.15) is 0 Å². The van der Waals surface area contributed by atoms with Crippen LogP contribution in [0.4, 0.5) is 0 Å². The summed E-state index contributed by atoms with van der Waals surface area (Å²) in [5.74, 6) is 0.805. The van der Waals surface area contributed by atoms with Crippen molar-refractivity contribution in [3.05, 3.63) is 18.7 Å². The second-order valence-electron chi connectivity index (χ2n) is 5.90. The zero-order chi connectivity index (χ0) is 14.0. The predicted octanol–water partition coefficient (Wildman–Crippen LogP) is 1.28. The topological polar surface area (TPSA) is 64.2 Å². The molecule has 2 heterocycles. The predicted molar refractivity (Wildman–Crippen MR) is 74.4 cm³/mol. The van der Waals surface area contributed by atoms with E-state index in [0.717, 1.165) is 19.5 Å². The number of nitrogens with two attached hydrogens (primary N) is 1. The van der Waals surface area contributed by atoms with Crippen LogP contribution in [-0.2, 0) is 4.79 Å². The van der Waals surface area contributed by atoms with Crippen LogP contribution in [-0.4, -0.2) is 39.5 Å². The molecule has 1 aliphatic heterocycles. The lowest BCUT2D eigenvalue weighted by Crippen LogP contribution is -2.51. The Labute approximate surface area is 114 Å². The number of likely N-dealkylation sites (tertiary alicyclic amines) is 1. The van der Waals surface area contributed by atoms with Crippen molar-refractivity contribution in [3.8, 4) is 0 Å². The lowest BCUT2D eigenvalue weighted by Gasteiger charge is -2.39. The molecule has 5 heteroatoms. The average Bonchev–Trinajstić information content (AvgIpc) is 2.91. The average molecular weight is 264 g/mol. The van der Waals surface area contributed by atoms with Crippen molar-refractivity contribution in [2.24, 2.45) is 17.6 Å². The molecule has 106 valence electrons. The Balaban J connectivity index is 2.07. The van der Waals surface area contributed by atoms with Crippen molar-refractivity contribution in [2.75, 3.05) is 13.1 Å².